The fourth-order valence-electron chi connectivity index (χ4n) is 2.91. The van der Waals surface area contributed by atoms with Crippen molar-refractivity contribution in [2.24, 2.45) is 0 Å². The van der Waals surface area contributed by atoms with Gasteiger partial charge in [0, 0.05) is 45.1 Å². The summed E-state index contributed by atoms with van der Waals surface area (Å²) < 4.78 is 0. The molecule has 25 heavy (non-hydrogen) atoms. The van der Waals surface area contributed by atoms with Crippen LogP contribution in [0.25, 0.3) is 0 Å². The fraction of sp³-hybridized carbons (Fsp3) is 0.389. The molecule has 1 fully saturated rings. The molecule has 1 aliphatic heterocycles. The number of rotatable bonds is 5. The zero-order chi connectivity index (χ0) is 17.6. The van der Waals surface area contributed by atoms with Crippen LogP contribution in [-0.2, 0) is 6.54 Å². The molecule has 1 amide bonds. The van der Waals surface area contributed by atoms with Gasteiger partial charge in [-0.05, 0) is 36.4 Å². The van der Waals surface area contributed by atoms with Gasteiger partial charge in [0.05, 0.1) is 0 Å². The Labute approximate surface area is 146 Å². The van der Waals surface area contributed by atoms with Crippen molar-refractivity contribution in [1.29, 1.82) is 0 Å². The fourth-order valence-corrected chi connectivity index (χ4v) is 2.91. The molecule has 7 nitrogen and oxygen atoms in total. The molecular weight excluding hydrogens is 318 g/mol. The number of aromatic nitrogens is 2. The summed E-state index contributed by atoms with van der Waals surface area (Å²) in [5.74, 6) is 0.553. The molecule has 2 N–H and O–H groups in total. The number of carbonyl (C=O) groups excluding carboxylic acids is 1. The summed E-state index contributed by atoms with van der Waals surface area (Å²) in [5.41, 5.74) is 0.695. The molecule has 0 radical (unpaired) electrons. The number of likely N-dealkylation sites (N-methyl/N-ethyl adjacent to an activating group) is 1. The van der Waals surface area contributed by atoms with Crippen LogP contribution >= 0.6 is 0 Å². The molecule has 3 rings (SSSR count). The summed E-state index contributed by atoms with van der Waals surface area (Å²) in [5, 5.41) is 2.79. The molecule has 7 heteroatoms. The van der Waals surface area contributed by atoms with E-state index in [4.69, 9.17) is 0 Å². The predicted molar refractivity (Wildman–Crippen MR) is 96.8 cm³/mol. The van der Waals surface area contributed by atoms with Gasteiger partial charge in [-0.15, -0.1) is 0 Å². The SMILES string of the molecule is CCN1CCN(c2cc(CNC(=O)c3ccc[nH]c3=O)ccn2)CC1. The lowest BCUT2D eigenvalue weighted by Crippen LogP contribution is -2.46. The second-order valence-corrected chi connectivity index (χ2v) is 6.04. The Morgan fingerprint density at radius 1 is 1.28 bits per heavy atom. The van der Waals surface area contributed by atoms with Crippen LogP contribution in [0.15, 0.2) is 41.5 Å². The Hall–Kier alpha value is -2.67. The molecule has 0 spiro atoms. The first kappa shape index (κ1) is 17.2. The lowest BCUT2D eigenvalue weighted by Gasteiger charge is -2.34. The van der Waals surface area contributed by atoms with Crippen molar-refractivity contribution in [1.82, 2.24) is 20.2 Å². The molecule has 0 aromatic carbocycles. The van der Waals surface area contributed by atoms with Crippen molar-refractivity contribution in [2.45, 2.75) is 13.5 Å². The van der Waals surface area contributed by atoms with Gasteiger partial charge in [0.1, 0.15) is 11.4 Å². The van der Waals surface area contributed by atoms with Crippen LogP contribution in [0.1, 0.15) is 22.8 Å². The maximum Gasteiger partial charge on any atom is 0.260 e. The van der Waals surface area contributed by atoms with E-state index in [0.29, 0.717) is 6.54 Å². The highest BCUT2D eigenvalue weighted by Gasteiger charge is 2.17. The number of H-pyrrole nitrogens is 1. The normalized spacial score (nSPS) is 15.2. The van der Waals surface area contributed by atoms with Gasteiger partial charge >= 0.3 is 0 Å². The lowest BCUT2D eigenvalue weighted by molar-refractivity contribution is 0.0949. The zero-order valence-corrected chi connectivity index (χ0v) is 14.4. The molecule has 1 aliphatic rings. The molecule has 2 aromatic heterocycles. The molecule has 0 saturated carbocycles. The molecule has 1 saturated heterocycles. The Morgan fingerprint density at radius 3 is 2.80 bits per heavy atom. The Balaban J connectivity index is 1.61. The van der Waals surface area contributed by atoms with E-state index in [1.54, 1.807) is 12.3 Å². The molecule has 3 heterocycles. The Kier molecular flexibility index (Phi) is 5.45. The molecule has 0 unspecified atom stereocenters. The maximum absolute atomic E-state index is 12.1. The highest BCUT2D eigenvalue weighted by molar-refractivity contribution is 5.93. The third kappa shape index (κ3) is 4.24. The number of pyridine rings is 2. The summed E-state index contributed by atoms with van der Waals surface area (Å²) >= 11 is 0. The van der Waals surface area contributed by atoms with Crippen molar-refractivity contribution in [3.63, 3.8) is 0 Å². The number of hydrogen-bond donors (Lipinski definition) is 2. The highest BCUT2D eigenvalue weighted by Crippen LogP contribution is 2.15. The third-order valence-electron chi connectivity index (χ3n) is 4.47. The Bertz CT molecular complexity index is 781. The zero-order valence-electron chi connectivity index (χ0n) is 14.4. The van der Waals surface area contributed by atoms with E-state index in [0.717, 1.165) is 44.1 Å². The number of carbonyl (C=O) groups is 1. The quantitative estimate of drug-likeness (QED) is 0.842. The molecule has 2 aromatic rings. The minimum atomic E-state index is -0.385. The van der Waals surface area contributed by atoms with E-state index in [2.05, 4.69) is 32.0 Å². The number of hydrogen-bond acceptors (Lipinski definition) is 5. The number of piperazine rings is 1. The van der Waals surface area contributed by atoms with Crippen molar-refractivity contribution in [3.8, 4) is 0 Å². The van der Waals surface area contributed by atoms with Crippen LogP contribution in [0.5, 0.6) is 0 Å². The first-order chi connectivity index (χ1) is 12.2. The van der Waals surface area contributed by atoms with E-state index in [9.17, 15) is 9.59 Å². The van der Waals surface area contributed by atoms with Gasteiger partial charge in [0.2, 0.25) is 0 Å². The minimum absolute atomic E-state index is 0.118. The smallest absolute Gasteiger partial charge is 0.260 e. The van der Waals surface area contributed by atoms with Crippen molar-refractivity contribution < 1.29 is 4.79 Å². The maximum atomic E-state index is 12.1. The number of nitrogens with one attached hydrogen (secondary N) is 2. The van der Waals surface area contributed by atoms with Crippen molar-refractivity contribution in [3.05, 3.63) is 58.1 Å². The van der Waals surface area contributed by atoms with Gasteiger partial charge in [-0.2, -0.15) is 0 Å². The van der Waals surface area contributed by atoms with Gasteiger partial charge < -0.3 is 20.1 Å². The van der Waals surface area contributed by atoms with Crippen LogP contribution in [0.3, 0.4) is 0 Å². The van der Waals surface area contributed by atoms with E-state index in [1.165, 1.54) is 12.3 Å². The molecule has 132 valence electrons. The highest BCUT2D eigenvalue weighted by atomic mass is 16.2. The summed E-state index contributed by atoms with van der Waals surface area (Å²) in [6.07, 6.45) is 3.27. The average molecular weight is 341 g/mol. The summed E-state index contributed by atoms with van der Waals surface area (Å²) in [6.45, 7) is 7.59. The summed E-state index contributed by atoms with van der Waals surface area (Å²) in [4.78, 5) is 35.4. The van der Waals surface area contributed by atoms with E-state index in [1.807, 2.05) is 12.1 Å². The van der Waals surface area contributed by atoms with Crippen LogP contribution in [0.2, 0.25) is 0 Å². The summed E-state index contributed by atoms with van der Waals surface area (Å²) in [7, 11) is 0. The van der Waals surface area contributed by atoms with Crippen LogP contribution in [0.4, 0.5) is 5.82 Å². The monoisotopic (exact) mass is 341 g/mol. The number of aromatic amines is 1. The molecular formula is C18H23N5O2. The second-order valence-electron chi connectivity index (χ2n) is 6.04. The number of anilines is 1. The number of nitrogens with zero attached hydrogens (tertiary/aromatic N) is 3. The largest absolute Gasteiger partial charge is 0.354 e. The average Bonchev–Trinajstić information content (AvgIpc) is 2.67. The van der Waals surface area contributed by atoms with Crippen LogP contribution in [0, 0.1) is 0 Å². The number of amides is 1. The second kappa shape index (κ2) is 7.94. The lowest BCUT2D eigenvalue weighted by atomic mass is 10.2. The van der Waals surface area contributed by atoms with Gasteiger partial charge in [0.15, 0.2) is 0 Å². The third-order valence-corrected chi connectivity index (χ3v) is 4.47. The predicted octanol–water partition coefficient (Wildman–Crippen LogP) is 0.842. The molecule has 0 atom stereocenters. The van der Waals surface area contributed by atoms with E-state index < -0.39 is 0 Å². The minimum Gasteiger partial charge on any atom is -0.354 e. The van der Waals surface area contributed by atoms with E-state index in [-0.39, 0.29) is 17.0 Å². The standard InChI is InChI=1S/C18H23N5O2/c1-2-22-8-10-23(11-9-22)16-12-14(5-7-19-16)13-21-18(25)15-4-3-6-20-17(15)24/h3-7,12H,2,8-11,13H2,1H3,(H,20,24)(H,21,25). The van der Waals surface area contributed by atoms with Crippen molar-refractivity contribution >= 4 is 11.7 Å². The van der Waals surface area contributed by atoms with Gasteiger partial charge in [-0.3, -0.25) is 9.59 Å². The first-order valence-corrected chi connectivity index (χ1v) is 8.55. The van der Waals surface area contributed by atoms with Crippen molar-refractivity contribution in [2.75, 3.05) is 37.6 Å². The first-order valence-electron chi connectivity index (χ1n) is 8.55. The van der Waals surface area contributed by atoms with Gasteiger partial charge in [-0.1, -0.05) is 6.92 Å². The topological polar surface area (TPSA) is 81.3 Å². The van der Waals surface area contributed by atoms with Gasteiger partial charge in [-0.25, -0.2) is 4.98 Å². The van der Waals surface area contributed by atoms with Crippen LogP contribution < -0.4 is 15.8 Å². The van der Waals surface area contributed by atoms with E-state index >= 15 is 0 Å². The molecule has 0 aliphatic carbocycles. The Morgan fingerprint density at radius 2 is 2.08 bits per heavy atom. The molecule has 0 bridgehead atoms. The van der Waals surface area contributed by atoms with Crippen LogP contribution in [-0.4, -0.2) is 53.5 Å². The van der Waals surface area contributed by atoms with Gasteiger partial charge in [0.25, 0.3) is 11.5 Å². The summed E-state index contributed by atoms with van der Waals surface area (Å²) in [6, 6.07) is 7.02.